The number of hydrogen-bond donors (Lipinski definition) is 2. The lowest BCUT2D eigenvalue weighted by Gasteiger charge is -2.15. The van der Waals surface area contributed by atoms with Gasteiger partial charge in [-0.15, -0.1) is 47.3 Å². The van der Waals surface area contributed by atoms with E-state index < -0.39 is 6.36 Å². The molecule has 0 bridgehead atoms. The van der Waals surface area contributed by atoms with Gasteiger partial charge in [-0.1, -0.05) is 18.2 Å². The van der Waals surface area contributed by atoms with E-state index in [1.807, 2.05) is 0 Å². The zero-order valence-corrected chi connectivity index (χ0v) is 15.9. The molecule has 1 aromatic carbocycles. The first kappa shape index (κ1) is 21.0. The van der Waals surface area contributed by atoms with Crippen molar-refractivity contribution >= 4 is 29.9 Å². The molecule has 1 heterocycles. The molecule has 138 valence electrons. The van der Waals surface area contributed by atoms with E-state index in [0.29, 0.717) is 23.9 Å². The van der Waals surface area contributed by atoms with E-state index in [2.05, 4.69) is 30.6 Å². The van der Waals surface area contributed by atoms with Crippen LogP contribution in [0.1, 0.15) is 11.4 Å². The number of benzene rings is 1. The van der Waals surface area contributed by atoms with Crippen LogP contribution in [0.15, 0.2) is 35.6 Å². The molecule has 0 amide bonds. The first-order valence-corrected chi connectivity index (χ1v) is 7.00. The molecule has 11 heteroatoms. The van der Waals surface area contributed by atoms with Crippen LogP contribution in [0.5, 0.6) is 5.75 Å². The molecule has 0 saturated carbocycles. The minimum atomic E-state index is -4.73. The number of alkyl halides is 3. The highest BCUT2D eigenvalue weighted by Gasteiger charge is 2.31. The third-order valence-corrected chi connectivity index (χ3v) is 3.09. The van der Waals surface area contributed by atoms with Crippen LogP contribution in [0.4, 0.5) is 13.2 Å². The highest BCUT2D eigenvalue weighted by molar-refractivity contribution is 14.0. The van der Waals surface area contributed by atoms with Crippen LogP contribution in [0, 0.1) is 0 Å². The number of guanidine groups is 1. The number of para-hydroxylation sites is 1. The number of aryl methyl sites for hydroxylation is 1. The van der Waals surface area contributed by atoms with Crippen molar-refractivity contribution in [3.63, 3.8) is 0 Å². The normalized spacial score (nSPS) is 11.6. The number of nitrogens with one attached hydrogen (secondary N) is 2. The van der Waals surface area contributed by atoms with Gasteiger partial charge in [0, 0.05) is 26.2 Å². The van der Waals surface area contributed by atoms with E-state index in [0.717, 1.165) is 0 Å². The van der Waals surface area contributed by atoms with Crippen LogP contribution in [-0.2, 0) is 20.1 Å². The Bertz CT molecular complexity index is 704. The fourth-order valence-electron chi connectivity index (χ4n) is 1.90. The van der Waals surface area contributed by atoms with Gasteiger partial charge in [-0.25, -0.2) is 0 Å². The molecule has 0 aliphatic carbocycles. The number of aliphatic imine (C=N–C) groups is 1. The second-order valence-electron chi connectivity index (χ2n) is 4.79. The van der Waals surface area contributed by atoms with Crippen molar-refractivity contribution in [3.8, 4) is 5.75 Å². The SMILES string of the molecule is CN=C(NCc1ccccc1OC(F)(F)F)NCc1nncn1C.I. The first-order chi connectivity index (χ1) is 11.4. The van der Waals surface area contributed by atoms with Gasteiger partial charge in [0.1, 0.15) is 12.1 Å². The Morgan fingerprint density at radius 3 is 2.52 bits per heavy atom. The Balaban J connectivity index is 0.00000312. The summed E-state index contributed by atoms with van der Waals surface area (Å²) < 4.78 is 43.0. The zero-order valence-electron chi connectivity index (χ0n) is 13.5. The van der Waals surface area contributed by atoms with Crippen LogP contribution in [-0.4, -0.2) is 34.1 Å². The van der Waals surface area contributed by atoms with Gasteiger partial charge in [0.25, 0.3) is 0 Å². The van der Waals surface area contributed by atoms with Crippen LogP contribution in [0.25, 0.3) is 0 Å². The molecule has 0 radical (unpaired) electrons. The minimum Gasteiger partial charge on any atom is -0.405 e. The lowest BCUT2D eigenvalue weighted by atomic mass is 10.2. The van der Waals surface area contributed by atoms with Gasteiger partial charge >= 0.3 is 6.36 Å². The van der Waals surface area contributed by atoms with Gasteiger partial charge in [-0.05, 0) is 6.07 Å². The van der Waals surface area contributed by atoms with Gasteiger partial charge in [-0.3, -0.25) is 4.99 Å². The first-order valence-electron chi connectivity index (χ1n) is 7.00. The fraction of sp³-hybridized carbons (Fsp3) is 0.357. The maximum absolute atomic E-state index is 12.4. The van der Waals surface area contributed by atoms with Crippen molar-refractivity contribution in [2.24, 2.45) is 12.0 Å². The Labute approximate surface area is 159 Å². The molecule has 7 nitrogen and oxygen atoms in total. The molecule has 0 spiro atoms. The summed E-state index contributed by atoms with van der Waals surface area (Å²) in [5.41, 5.74) is 0.358. The van der Waals surface area contributed by atoms with Crippen molar-refractivity contribution in [2.75, 3.05) is 7.05 Å². The summed E-state index contributed by atoms with van der Waals surface area (Å²) in [4.78, 5) is 4.01. The summed E-state index contributed by atoms with van der Waals surface area (Å²) in [5, 5.41) is 13.6. The van der Waals surface area contributed by atoms with Gasteiger partial charge < -0.3 is 19.9 Å². The summed E-state index contributed by atoms with van der Waals surface area (Å²) in [6.07, 6.45) is -3.17. The molecule has 2 N–H and O–H groups in total. The third kappa shape index (κ3) is 6.76. The topological polar surface area (TPSA) is 76.4 Å². The highest BCUT2D eigenvalue weighted by atomic mass is 127. The lowest BCUT2D eigenvalue weighted by Crippen LogP contribution is -2.37. The van der Waals surface area contributed by atoms with Crippen molar-refractivity contribution in [1.82, 2.24) is 25.4 Å². The summed E-state index contributed by atoms with van der Waals surface area (Å²) in [5.74, 6) is 0.861. The van der Waals surface area contributed by atoms with Gasteiger partial charge in [0.05, 0.1) is 6.54 Å². The van der Waals surface area contributed by atoms with E-state index in [4.69, 9.17) is 0 Å². The maximum Gasteiger partial charge on any atom is 0.573 e. The molecule has 0 fully saturated rings. The van der Waals surface area contributed by atoms with Crippen LogP contribution in [0.3, 0.4) is 0 Å². The molecular formula is C14H18F3IN6O. The molecule has 1 aromatic heterocycles. The van der Waals surface area contributed by atoms with Crippen molar-refractivity contribution in [2.45, 2.75) is 19.5 Å². The molecule has 0 atom stereocenters. The molecule has 25 heavy (non-hydrogen) atoms. The van der Waals surface area contributed by atoms with E-state index >= 15 is 0 Å². The van der Waals surface area contributed by atoms with Crippen LogP contribution in [0.2, 0.25) is 0 Å². The molecule has 2 rings (SSSR count). The summed E-state index contributed by atoms with van der Waals surface area (Å²) >= 11 is 0. The Kier molecular flexibility index (Phi) is 7.93. The molecular weight excluding hydrogens is 452 g/mol. The monoisotopic (exact) mass is 470 g/mol. The number of ether oxygens (including phenoxy) is 1. The second kappa shape index (κ2) is 9.44. The Morgan fingerprint density at radius 2 is 1.92 bits per heavy atom. The average molecular weight is 470 g/mol. The number of hydrogen-bond acceptors (Lipinski definition) is 4. The van der Waals surface area contributed by atoms with Crippen LogP contribution < -0.4 is 15.4 Å². The van der Waals surface area contributed by atoms with E-state index in [9.17, 15) is 13.2 Å². The number of halogens is 4. The van der Waals surface area contributed by atoms with Crippen molar-refractivity contribution in [3.05, 3.63) is 42.0 Å². The van der Waals surface area contributed by atoms with E-state index in [-0.39, 0.29) is 36.3 Å². The quantitative estimate of drug-likeness (QED) is 0.398. The second-order valence-corrected chi connectivity index (χ2v) is 4.79. The average Bonchev–Trinajstić information content (AvgIpc) is 2.93. The molecule has 2 aromatic rings. The summed E-state index contributed by atoms with van der Waals surface area (Å²) in [7, 11) is 3.36. The number of nitrogens with zero attached hydrogens (tertiary/aromatic N) is 4. The largest absolute Gasteiger partial charge is 0.573 e. The summed E-state index contributed by atoms with van der Waals surface area (Å²) in [6.45, 7) is 0.488. The molecule has 0 saturated heterocycles. The number of rotatable bonds is 5. The molecule has 0 aliphatic heterocycles. The standard InChI is InChI=1S/C14H17F3N6O.HI/c1-18-13(20-8-12-22-21-9-23(12)2)19-7-10-5-3-4-6-11(10)24-14(15,16)17;/h3-6,9H,7-8H2,1-2H3,(H2,18,19,20);1H. The molecule has 0 unspecified atom stereocenters. The van der Waals surface area contributed by atoms with Gasteiger partial charge in [0.15, 0.2) is 11.8 Å². The Hall–Kier alpha value is -2.05. The number of aromatic nitrogens is 3. The molecule has 0 aliphatic rings. The van der Waals surface area contributed by atoms with Crippen molar-refractivity contribution in [1.29, 1.82) is 0 Å². The Morgan fingerprint density at radius 1 is 1.24 bits per heavy atom. The fourth-order valence-corrected chi connectivity index (χ4v) is 1.90. The van der Waals surface area contributed by atoms with Crippen LogP contribution >= 0.6 is 24.0 Å². The maximum atomic E-state index is 12.4. The van der Waals surface area contributed by atoms with Crippen molar-refractivity contribution < 1.29 is 17.9 Å². The zero-order chi connectivity index (χ0) is 17.6. The van der Waals surface area contributed by atoms with E-state index in [1.165, 1.54) is 12.1 Å². The van der Waals surface area contributed by atoms with Gasteiger partial charge in [0.2, 0.25) is 0 Å². The van der Waals surface area contributed by atoms with E-state index in [1.54, 1.807) is 37.1 Å². The predicted molar refractivity (Wildman–Crippen MR) is 96.6 cm³/mol. The minimum absolute atomic E-state index is 0. The predicted octanol–water partition coefficient (Wildman–Crippen LogP) is 2.20. The third-order valence-electron chi connectivity index (χ3n) is 3.09. The smallest absolute Gasteiger partial charge is 0.405 e. The lowest BCUT2D eigenvalue weighted by molar-refractivity contribution is -0.274. The highest BCUT2D eigenvalue weighted by Crippen LogP contribution is 2.25. The summed E-state index contributed by atoms with van der Waals surface area (Å²) in [6, 6.07) is 5.92. The van der Waals surface area contributed by atoms with Gasteiger partial charge in [-0.2, -0.15) is 0 Å².